The summed E-state index contributed by atoms with van der Waals surface area (Å²) in [6, 6.07) is 5.04. The van der Waals surface area contributed by atoms with Gasteiger partial charge in [0.2, 0.25) is 15.9 Å². The Morgan fingerprint density at radius 3 is 2.30 bits per heavy atom. The van der Waals surface area contributed by atoms with Crippen molar-refractivity contribution in [2.75, 3.05) is 18.5 Å². The molecule has 1 atom stereocenters. The van der Waals surface area contributed by atoms with Gasteiger partial charge in [0.25, 0.3) is 0 Å². The summed E-state index contributed by atoms with van der Waals surface area (Å²) in [6.45, 7) is -0.646. The predicted molar refractivity (Wildman–Crippen MR) is 139 cm³/mol. The van der Waals surface area contributed by atoms with Crippen molar-refractivity contribution < 1.29 is 53.8 Å². The average Bonchev–Trinajstić information content (AvgIpc) is 2.98. The number of hydrogen-bond donors (Lipinski definition) is 1. The average molecular weight is 636 g/mol. The molecule has 0 unspecified atom stereocenters. The summed E-state index contributed by atoms with van der Waals surface area (Å²) >= 11 is 0. The second kappa shape index (κ2) is 11.6. The lowest BCUT2D eigenvalue weighted by atomic mass is 10.1. The molecule has 4 rings (SSSR count). The van der Waals surface area contributed by atoms with Crippen molar-refractivity contribution >= 4 is 27.4 Å². The minimum atomic E-state index is -5.14. The zero-order valence-corrected chi connectivity index (χ0v) is 23.3. The second-order valence-electron chi connectivity index (χ2n) is 9.94. The van der Waals surface area contributed by atoms with Gasteiger partial charge in [-0.1, -0.05) is 0 Å². The number of anilines is 2. The lowest BCUT2D eigenvalue weighted by Gasteiger charge is -2.30. The number of carboxylic acid groups (broad SMARTS) is 1. The van der Waals surface area contributed by atoms with E-state index in [1.54, 1.807) is 0 Å². The molecular weight excluding hydrogens is 611 g/mol. The van der Waals surface area contributed by atoms with Gasteiger partial charge in [-0.2, -0.15) is 17.5 Å². The molecule has 0 amide bonds. The third-order valence-electron chi connectivity index (χ3n) is 6.80. The summed E-state index contributed by atoms with van der Waals surface area (Å²) < 4.78 is 132. The first kappa shape index (κ1) is 32.0. The van der Waals surface area contributed by atoms with Crippen LogP contribution in [0.1, 0.15) is 41.4 Å². The van der Waals surface area contributed by atoms with Gasteiger partial charge in [0, 0.05) is 43.4 Å². The minimum Gasteiger partial charge on any atom is -0.488 e. The number of likely N-dealkylation sites (N-methyl/N-ethyl adjacent to an activating group) is 1. The van der Waals surface area contributed by atoms with Crippen LogP contribution in [0.3, 0.4) is 0 Å². The van der Waals surface area contributed by atoms with E-state index in [1.807, 2.05) is 0 Å². The Bertz CT molecular complexity index is 1630. The van der Waals surface area contributed by atoms with Crippen LogP contribution in [0, 0.1) is 11.6 Å². The molecule has 0 aliphatic carbocycles. The number of rotatable bonds is 8. The van der Waals surface area contributed by atoms with E-state index in [0.717, 1.165) is 28.4 Å². The summed E-state index contributed by atoms with van der Waals surface area (Å²) in [4.78, 5) is 15.3. The minimum absolute atomic E-state index is 0.0835. The first-order chi connectivity index (χ1) is 19.9. The molecule has 0 fully saturated rings. The maximum atomic E-state index is 14.3. The highest BCUT2D eigenvalue weighted by Crippen LogP contribution is 2.46. The lowest BCUT2D eigenvalue weighted by molar-refractivity contribution is -0.139. The van der Waals surface area contributed by atoms with Crippen molar-refractivity contribution in [1.29, 1.82) is 0 Å². The van der Waals surface area contributed by atoms with Crippen molar-refractivity contribution in [1.82, 2.24) is 9.29 Å². The van der Waals surface area contributed by atoms with E-state index in [0.29, 0.717) is 31.3 Å². The van der Waals surface area contributed by atoms with Crippen molar-refractivity contribution in [2.45, 2.75) is 49.4 Å². The van der Waals surface area contributed by atoms with Crippen LogP contribution in [0.25, 0.3) is 0 Å². The molecule has 8 nitrogen and oxygen atoms in total. The standard InChI is InChI=1S/C27H24F7N3O5S/c1-26(30,31)8-7-19-13-37(18-5-3-16(28)4-6-18)21-10-20(27(32,33)34)22(11-23(21)43(40,41)36(19)2)42-14-15-9-17(29)12-35-24(15)25(38)39/h3-6,9-12,19H,7-8,13-14H2,1-2H3,(H,38,39)/t19-/m1/s1. The molecule has 1 N–H and O–H groups in total. The van der Waals surface area contributed by atoms with Crippen molar-refractivity contribution in [2.24, 2.45) is 0 Å². The molecule has 16 heteroatoms. The summed E-state index contributed by atoms with van der Waals surface area (Å²) in [5.41, 5.74) is -2.99. The van der Waals surface area contributed by atoms with Crippen molar-refractivity contribution in [3.8, 4) is 5.75 Å². The van der Waals surface area contributed by atoms with Crippen LogP contribution < -0.4 is 9.64 Å². The first-order valence-corrected chi connectivity index (χ1v) is 14.0. The maximum Gasteiger partial charge on any atom is 0.420 e. The highest BCUT2D eigenvalue weighted by molar-refractivity contribution is 7.89. The number of nitrogens with zero attached hydrogens (tertiary/aromatic N) is 3. The number of halogens is 7. The van der Waals surface area contributed by atoms with Gasteiger partial charge in [0.1, 0.15) is 28.9 Å². The van der Waals surface area contributed by atoms with Crippen LogP contribution in [-0.4, -0.2) is 54.3 Å². The van der Waals surface area contributed by atoms with Gasteiger partial charge in [0.15, 0.2) is 5.69 Å². The van der Waals surface area contributed by atoms with Crippen LogP contribution >= 0.6 is 0 Å². The molecule has 3 aromatic rings. The topological polar surface area (TPSA) is 100 Å². The number of carboxylic acids is 1. The van der Waals surface area contributed by atoms with Gasteiger partial charge in [-0.25, -0.2) is 35.8 Å². The van der Waals surface area contributed by atoms with Gasteiger partial charge >= 0.3 is 12.1 Å². The van der Waals surface area contributed by atoms with E-state index in [-0.39, 0.29) is 18.7 Å². The van der Waals surface area contributed by atoms with Crippen molar-refractivity contribution in [3.63, 3.8) is 0 Å². The Kier molecular flexibility index (Phi) is 8.66. The SMILES string of the molecule is CN1[C@H](CCC(C)(F)F)CN(c2ccc(F)cc2)c2cc(C(F)(F)F)c(OCc3cc(F)cnc3C(=O)O)cc2S1(=O)=O. The fourth-order valence-corrected chi connectivity index (χ4v) is 6.15. The van der Waals surface area contributed by atoms with Crippen molar-refractivity contribution in [3.05, 3.63) is 77.1 Å². The van der Waals surface area contributed by atoms with Crippen LogP contribution in [0.15, 0.2) is 53.6 Å². The fourth-order valence-electron chi connectivity index (χ4n) is 4.58. The zero-order chi connectivity index (χ0) is 31.9. The van der Waals surface area contributed by atoms with E-state index in [2.05, 4.69) is 4.98 Å². The highest BCUT2D eigenvalue weighted by Gasteiger charge is 2.42. The molecule has 2 heterocycles. The number of fused-ring (bicyclic) bond motifs is 1. The Morgan fingerprint density at radius 1 is 1.07 bits per heavy atom. The number of aromatic carboxylic acids is 1. The number of ether oxygens (including phenoxy) is 1. The molecule has 43 heavy (non-hydrogen) atoms. The largest absolute Gasteiger partial charge is 0.488 e. The van der Waals surface area contributed by atoms with Gasteiger partial charge in [0.05, 0.1) is 17.4 Å². The van der Waals surface area contributed by atoms with Gasteiger partial charge < -0.3 is 14.7 Å². The lowest BCUT2D eigenvalue weighted by Crippen LogP contribution is -2.41. The van der Waals surface area contributed by atoms with E-state index in [9.17, 15) is 49.1 Å². The molecule has 0 spiro atoms. The molecule has 232 valence electrons. The fraction of sp³-hybridized carbons (Fsp3) is 0.333. The third-order valence-corrected chi connectivity index (χ3v) is 8.73. The van der Waals surface area contributed by atoms with Gasteiger partial charge in [-0.15, -0.1) is 0 Å². The zero-order valence-electron chi connectivity index (χ0n) is 22.5. The number of sulfonamides is 1. The maximum absolute atomic E-state index is 14.3. The van der Waals surface area contributed by atoms with E-state index >= 15 is 0 Å². The Balaban J connectivity index is 1.90. The number of hydrogen-bond acceptors (Lipinski definition) is 6. The smallest absolute Gasteiger partial charge is 0.420 e. The number of pyridine rings is 1. The monoisotopic (exact) mass is 635 g/mol. The normalized spacial score (nSPS) is 17.3. The third kappa shape index (κ3) is 7.01. The van der Waals surface area contributed by atoms with Crippen LogP contribution in [-0.2, 0) is 22.8 Å². The first-order valence-electron chi connectivity index (χ1n) is 12.5. The van der Waals surface area contributed by atoms with Gasteiger partial charge in [-0.05, 0) is 49.7 Å². The quantitative estimate of drug-likeness (QED) is 0.293. The van der Waals surface area contributed by atoms with E-state index in [1.165, 1.54) is 12.1 Å². The molecule has 0 bridgehead atoms. The molecule has 1 aliphatic heterocycles. The van der Waals surface area contributed by atoms with Crippen LogP contribution in [0.2, 0.25) is 0 Å². The number of aromatic nitrogens is 1. The number of carbonyl (C=O) groups is 1. The summed E-state index contributed by atoms with van der Waals surface area (Å²) in [7, 11) is -3.56. The molecule has 2 aromatic carbocycles. The molecule has 0 saturated heterocycles. The number of benzene rings is 2. The summed E-state index contributed by atoms with van der Waals surface area (Å²) in [6.07, 6.45) is -5.65. The van der Waals surface area contributed by atoms with E-state index in [4.69, 9.17) is 4.74 Å². The highest BCUT2D eigenvalue weighted by atomic mass is 32.2. The Hall–Kier alpha value is -3.92. The molecule has 1 aromatic heterocycles. The van der Waals surface area contributed by atoms with Crippen LogP contribution in [0.4, 0.5) is 42.1 Å². The molecule has 0 saturated carbocycles. The van der Waals surface area contributed by atoms with E-state index < -0.39 is 91.9 Å². The van der Waals surface area contributed by atoms with Crippen LogP contribution in [0.5, 0.6) is 5.75 Å². The second-order valence-corrected chi connectivity index (χ2v) is 11.9. The van der Waals surface area contributed by atoms with Gasteiger partial charge in [-0.3, -0.25) is 0 Å². The number of alkyl halides is 5. The molecular formula is C27H24F7N3O5S. The Morgan fingerprint density at radius 2 is 1.72 bits per heavy atom. The molecule has 0 radical (unpaired) electrons. The Labute approximate surface area is 241 Å². The summed E-state index contributed by atoms with van der Waals surface area (Å²) in [5, 5.41) is 9.32. The molecule has 1 aliphatic rings. The predicted octanol–water partition coefficient (Wildman–Crippen LogP) is 6.23. The summed E-state index contributed by atoms with van der Waals surface area (Å²) in [5.74, 6) is -7.49.